The molecule has 1 N–H and O–H groups in total. The summed E-state index contributed by atoms with van der Waals surface area (Å²) in [5.41, 5.74) is 3.10. The van der Waals surface area contributed by atoms with Crippen LogP contribution in [0.4, 0.5) is 0 Å². The Labute approximate surface area is 94.0 Å². The van der Waals surface area contributed by atoms with E-state index in [-0.39, 0.29) is 5.56 Å². The predicted molar refractivity (Wildman–Crippen MR) is 65.8 cm³/mol. The van der Waals surface area contributed by atoms with Crippen LogP contribution in [0.25, 0.3) is 11.3 Å². The van der Waals surface area contributed by atoms with Crippen LogP contribution in [0.5, 0.6) is 0 Å². The van der Waals surface area contributed by atoms with Gasteiger partial charge in [0.25, 0.3) is 5.56 Å². The largest absolute Gasteiger partial charge is 0.295 e. The summed E-state index contributed by atoms with van der Waals surface area (Å²) in [5, 5.41) is 3.05. The number of para-hydroxylation sites is 1. The highest BCUT2D eigenvalue weighted by atomic mass is 16.1. The zero-order valence-corrected chi connectivity index (χ0v) is 9.45. The van der Waals surface area contributed by atoms with E-state index in [0.717, 1.165) is 17.0 Å². The number of aryl methyl sites for hydroxylation is 1. The lowest BCUT2D eigenvalue weighted by Crippen LogP contribution is -2.16. The number of benzene rings is 1. The summed E-state index contributed by atoms with van der Waals surface area (Å²) >= 11 is 0. The van der Waals surface area contributed by atoms with Crippen LogP contribution in [0.1, 0.15) is 18.2 Å². The molecule has 0 aliphatic heterocycles. The molecule has 0 bridgehead atoms. The maximum Gasteiger partial charge on any atom is 0.278 e. The van der Waals surface area contributed by atoms with Crippen LogP contribution in [0.15, 0.2) is 41.7 Å². The molecule has 1 aromatic carbocycles. The van der Waals surface area contributed by atoms with Crippen molar-refractivity contribution in [3.8, 4) is 5.69 Å². The summed E-state index contributed by atoms with van der Waals surface area (Å²) in [4.78, 5) is 12.1. The number of nitrogens with one attached hydrogen (secondary N) is 1. The molecule has 0 saturated carbocycles. The Morgan fingerprint density at radius 1 is 1.31 bits per heavy atom. The zero-order valence-electron chi connectivity index (χ0n) is 9.45. The van der Waals surface area contributed by atoms with E-state index in [9.17, 15) is 4.79 Å². The molecular weight excluding hydrogens is 200 g/mol. The standard InChI is InChI=1S/C13H14N2O/c1-9(2)12-10(3)14-15(13(12)16)11-7-5-4-6-8-11/h4-8,14H,1H2,2-3H3. The summed E-state index contributed by atoms with van der Waals surface area (Å²) in [5.74, 6) is 0. The monoisotopic (exact) mass is 214 g/mol. The van der Waals surface area contributed by atoms with E-state index in [2.05, 4.69) is 11.7 Å². The van der Waals surface area contributed by atoms with Gasteiger partial charge in [-0.3, -0.25) is 9.89 Å². The van der Waals surface area contributed by atoms with Crippen molar-refractivity contribution < 1.29 is 0 Å². The van der Waals surface area contributed by atoms with Crippen molar-refractivity contribution in [1.82, 2.24) is 9.78 Å². The molecule has 16 heavy (non-hydrogen) atoms. The highest BCUT2D eigenvalue weighted by molar-refractivity contribution is 5.62. The second-order valence-corrected chi connectivity index (χ2v) is 3.87. The number of allylic oxidation sites excluding steroid dienone is 1. The average Bonchev–Trinajstić information content (AvgIpc) is 2.55. The van der Waals surface area contributed by atoms with Gasteiger partial charge in [-0.25, -0.2) is 4.68 Å². The molecule has 3 nitrogen and oxygen atoms in total. The first-order valence-corrected chi connectivity index (χ1v) is 5.14. The van der Waals surface area contributed by atoms with Crippen molar-refractivity contribution in [1.29, 1.82) is 0 Å². The zero-order chi connectivity index (χ0) is 11.7. The lowest BCUT2D eigenvalue weighted by molar-refractivity contribution is 0.835. The smallest absolute Gasteiger partial charge is 0.278 e. The van der Waals surface area contributed by atoms with E-state index >= 15 is 0 Å². The molecule has 0 aliphatic rings. The number of hydrogen-bond donors (Lipinski definition) is 1. The summed E-state index contributed by atoms with van der Waals surface area (Å²) in [7, 11) is 0. The third-order valence-electron chi connectivity index (χ3n) is 2.51. The molecule has 0 saturated heterocycles. The third kappa shape index (κ3) is 1.60. The van der Waals surface area contributed by atoms with Gasteiger partial charge in [0.05, 0.1) is 11.3 Å². The Kier molecular flexibility index (Phi) is 2.52. The molecule has 2 aromatic rings. The second kappa shape index (κ2) is 3.85. The van der Waals surface area contributed by atoms with Gasteiger partial charge in [0.1, 0.15) is 0 Å². The van der Waals surface area contributed by atoms with Gasteiger partial charge in [-0.05, 0) is 31.6 Å². The van der Waals surface area contributed by atoms with Crippen LogP contribution < -0.4 is 5.56 Å². The third-order valence-corrected chi connectivity index (χ3v) is 2.51. The first-order chi connectivity index (χ1) is 7.61. The first kappa shape index (κ1) is 10.5. The lowest BCUT2D eigenvalue weighted by atomic mass is 10.1. The van der Waals surface area contributed by atoms with Crippen LogP contribution >= 0.6 is 0 Å². The van der Waals surface area contributed by atoms with Crippen LogP contribution in [-0.4, -0.2) is 9.78 Å². The number of H-pyrrole nitrogens is 1. The van der Waals surface area contributed by atoms with E-state index in [1.807, 2.05) is 44.2 Å². The molecule has 0 amide bonds. The Morgan fingerprint density at radius 3 is 2.44 bits per heavy atom. The van der Waals surface area contributed by atoms with Crippen molar-refractivity contribution in [3.05, 3.63) is 58.5 Å². The van der Waals surface area contributed by atoms with Crippen molar-refractivity contribution >= 4 is 5.57 Å². The summed E-state index contributed by atoms with van der Waals surface area (Å²) in [6.07, 6.45) is 0. The van der Waals surface area contributed by atoms with Crippen molar-refractivity contribution in [3.63, 3.8) is 0 Å². The van der Waals surface area contributed by atoms with E-state index in [4.69, 9.17) is 0 Å². The van der Waals surface area contributed by atoms with E-state index < -0.39 is 0 Å². The van der Waals surface area contributed by atoms with Gasteiger partial charge in [-0.1, -0.05) is 24.8 Å². The fraction of sp³-hybridized carbons (Fsp3) is 0.154. The van der Waals surface area contributed by atoms with E-state index in [1.54, 1.807) is 4.68 Å². The predicted octanol–water partition coefficient (Wildman–Crippen LogP) is 2.51. The van der Waals surface area contributed by atoms with Crippen molar-refractivity contribution in [2.24, 2.45) is 0 Å². The minimum atomic E-state index is -0.0452. The van der Waals surface area contributed by atoms with Gasteiger partial charge in [0, 0.05) is 5.69 Å². The summed E-state index contributed by atoms with van der Waals surface area (Å²) < 4.78 is 1.54. The Balaban J connectivity index is 2.66. The fourth-order valence-electron chi connectivity index (χ4n) is 1.81. The number of aromatic nitrogens is 2. The molecule has 1 heterocycles. The topological polar surface area (TPSA) is 37.8 Å². The van der Waals surface area contributed by atoms with Crippen molar-refractivity contribution in [2.45, 2.75) is 13.8 Å². The van der Waals surface area contributed by atoms with Gasteiger partial charge in [0.2, 0.25) is 0 Å². The molecule has 2 rings (SSSR count). The minimum Gasteiger partial charge on any atom is -0.295 e. The number of aromatic amines is 1. The first-order valence-electron chi connectivity index (χ1n) is 5.14. The quantitative estimate of drug-likeness (QED) is 0.819. The van der Waals surface area contributed by atoms with Crippen LogP contribution in [0, 0.1) is 6.92 Å². The summed E-state index contributed by atoms with van der Waals surface area (Å²) in [6.45, 7) is 7.54. The molecule has 0 radical (unpaired) electrons. The van der Waals surface area contributed by atoms with Gasteiger partial charge in [-0.15, -0.1) is 0 Å². The minimum absolute atomic E-state index is 0.0452. The Morgan fingerprint density at radius 2 is 1.94 bits per heavy atom. The average molecular weight is 214 g/mol. The maximum atomic E-state index is 12.1. The Hall–Kier alpha value is -2.03. The molecule has 0 aliphatic carbocycles. The molecule has 0 atom stereocenters. The molecule has 0 spiro atoms. The lowest BCUT2D eigenvalue weighted by Gasteiger charge is -1.99. The normalized spacial score (nSPS) is 10.4. The van der Waals surface area contributed by atoms with Crippen LogP contribution in [0.3, 0.4) is 0 Å². The second-order valence-electron chi connectivity index (χ2n) is 3.87. The molecule has 1 aromatic heterocycles. The maximum absolute atomic E-state index is 12.1. The number of nitrogens with zero attached hydrogens (tertiary/aromatic N) is 1. The number of rotatable bonds is 2. The van der Waals surface area contributed by atoms with Crippen molar-refractivity contribution in [2.75, 3.05) is 0 Å². The van der Waals surface area contributed by atoms with E-state index in [0.29, 0.717) is 5.56 Å². The van der Waals surface area contributed by atoms with Gasteiger partial charge in [0.15, 0.2) is 0 Å². The molecule has 82 valence electrons. The molecule has 0 unspecified atom stereocenters. The fourth-order valence-corrected chi connectivity index (χ4v) is 1.81. The highest BCUT2D eigenvalue weighted by Crippen LogP contribution is 2.12. The molecular formula is C13H14N2O. The van der Waals surface area contributed by atoms with Gasteiger partial charge < -0.3 is 0 Å². The van der Waals surface area contributed by atoms with Gasteiger partial charge in [-0.2, -0.15) is 0 Å². The number of hydrogen-bond acceptors (Lipinski definition) is 1. The van der Waals surface area contributed by atoms with Crippen LogP contribution in [0.2, 0.25) is 0 Å². The highest BCUT2D eigenvalue weighted by Gasteiger charge is 2.11. The van der Waals surface area contributed by atoms with Gasteiger partial charge >= 0.3 is 0 Å². The van der Waals surface area contributed by atoms with Crippen LogP contribution in [-0.2, 0) is 0 Å². The van der Waals surface area contributed by atoms with E-state index in [1.165, 1.54) is 0 Å². The SMILES string of the molecule is C=C(C)c1c(C)[nH]n(-c2ccccc2)c1=O. The molecule has 0 fully saturated rings. The Bertz CT molecular complexity index is 576. The molecule has 3 heteroatoms. The summed E-state index contributed by atoms with van der Waals surface area (Å²) in [6, 6.07) is 9.50.